The normalized spacial score (nSPS) is 10.3. The first-order valence-electron chi connectivity index (χ1n) is 5.43. The highest BCUT2D eigenvalue weighted by atomic mass is 79.9. The Kier molecular flexibility index (Phi) is 4.56. The first-order chi connectivity index (χ1) is 9.08. The average molecular weight is 344 g/mol. The van der Waals surface area contributed by atoms with Crippen LogP contribution in [0.1, 0.15) is 15.9 Å². The highest BCUT2D eigenvalue weighted by Gasteiger charge is 2.13. The molecule has 0 aliphatic heterocycles. The smallest absolute Gasteiger partial charge is 0.338 e. The van der Waals surface area contributed by atoms with E-state index in [1.54, 1.807) is 0 Å². The minimum absolute atomic E-state index is 0.0559. The molecule has 0 bridgehead atoms. The molecule has 0 radical (unpaired) electrons. The number of carbonyl (C=O) groups is 1. The second-order valence-electron chi connectivity index (χ2n) is 3.82. The number of hydrogen-bond acceptors (Lipinski definition) is 2. The number of carbonyl (C=O) groups excluding carboxylic acids is 1. The van der Waals surface area contributed by atoms with Crippen LogP contribution in [-0.2, 0) is 11.3 Å². The van der Waals surface area contributed by atoms with Gasteiger partial charge in [0.05, 0.1) is 10.6 Å². The van der Waals surface area contributed by atoms with Crippen molar-refractivity contribution in [3.63, 3.8) is 0 Å². The molecule has 0 heterocycles. The van der Waals surface area contributed by atoms with Crippen molar-refractivity contribution in [3.8, 4) is 0 Å². The van der Waals surface area contributed by atoms with Gasteiger partial charge in [-0.15, -0.1) is 0 Å². The van der Waals surface area contributed by atoms with Gasteiger partial charge < -0.3 is 4.74 Å². The van der Waals surface area contributed by atoms with Crippen LogP contribution in [0.2, 0.25) is 5.02 Å². The summed E-state index contributed by atoms with van der Waals surface area (Å²) < 4.78 is 18.8. The van der Waals surface area contributed by atoms with Gasteiger partial charge in [0.25, 0.3) is 0 Å². The SMILES string of the molecule is O=C(OCc1ccccc1)c1cc(F)c(Cl)c(Br)c1. The number of esters is 1. The highest BCUT2D eigenvalue weighted by Crippen LogP contribution is 2.27. The monoisotopic (exact) mass is 342 g/mol. The van der Waals surface area contributed by atoms with E-state index in [-0.39, 0.29) is 17.2 Å². The van der Waals surface area contributed by atoms with Crippen molar-refractivity contribution in [2.24, 2.45) is 0 Å². The molecule has 0 aliphatic rings. The zero-order valence-corrected chi connectivity index (χ0v) is 12.0. The molecule has 0 fully saturated rings. The number of ether oxygens (including phenoxy) is 1. The Morgan fingerprint density at radius 1 is 1.26 bits per heavy atom. The van der Waals surface area contributed by atoms with Crippen LogP contribution in [0.3, 0.4) is 0 Å². The van der Waals surface area contributed by atoms with Crippen molar-refractivity contribution in [2.45, 2.75) is 6.61 Å². The Balaban J connectivity index is 2.08. The van der Waals surface area contributed by atoms with Gasteiger partial charge in [0.2, 0.25) is 0 Å². The molecular formula is C14H9BrClFO2. The van der Waals surface area contributed by atoms with Gasteiger partial charge in [0.15, 0.2) is 0 Å². The van der Waals surface area contributed by atoms with Crippen molar-refractivity contribution in [2.75, 3.05) is 0 Å². The summed E-state index contributed by atoms with van der Waals surface area (Å²) in [7, 11) is 0. The molecule has 2 aromatic carbocycles. The summed E-state index contributed by atoms with van der Waals surface area (Å²) in [5.74, 6) is -1.26. The fraction of sp³-hybridized carbons (Fsp3) is 0.0714. The van der Waals surface area contributed by atoms with Crippen LogP contribution in [0, 0.1) is 5.82 Å². The van der Waals surface area contributed by atoms with Crippen LogP contribution in [0.5, 0.6) is 0 Å². The van der Waals surface area contributed by atoms with Crippen LogP contribution in [0.15, 0.2) is 46.9 Å². The molecule has 0 N–H and O–H groups in total. The van der Waals surface area contributed by atoms with Crippen molar-refractivity contribution in [1.29, 1.82) is 0 Å². The van der Waals surface area contributed by atoms with Gasteiger partial charge in [-0.3, -0.25) is 0 Å². The summed E-state index contributed by atoms with van der Waals surface area (Å²) in [4.78, 5) is 11.8. The molecule has 2 nitrogen and oxygen atoms in total. The molecule has 19 heavy (non-hydrogen) atoms. The summed E-state index contributed by atoms with van der Waals surface area (Å²) in [6.07, 6.45) is 0. The van der Waals surface area contributed by atoms with Crippen LogP contribution >= 0.6 is 27.5 Å². The van der Waals surface area contributed by atoms with Crippen LogP contribution in [0.4, 0.5) is 4.39 Å². The third-order valence-electron chi connectivity index (χ3n) is 2.43. The van der Waals surface area contributed by atoms with Gasteiger partial charge in [0.1, 0.15) is 12.4 Å². The number of benzene rings is 2. The largest absolute Gasteiger partial charge is 0.457 e. The maximum Gasteiger partial charge on any atom is 0.338 e. The van der Waals surface area contributed by atoms with Gasteiger partial charge >= 0.3 is 5.97 Å². The van der Waals surface area contributed by atoms with Crippen LogP contribution in [-0.4, -0.2) is 5.97 Å². The molecule has 0 atom stereocenters. The summed E-state index contributed by atoms with van der Waals surface area (Å²) >= 11 is 8.73. The van der Waals surface area contributed by atoms with Crippen LogP contribution < -0.4 is 0 Å². The molecule has 0 aliphatic carbocycles. The zero-order valence-electron chi connectivity index (χ0n) is 9.70. The lowest BCUT2D eigenvalue weighted by Crippen LogP contribution is -2.06. The van der Waals surface area contributed by atoms with Gasteiger partial charge in [-0.05, 0) is 33.6 Å². The van der Waals surface area contributed by atoms with E-state index in [0.717, 1.165) is 11.6 Å². The molecule has 0 saturated heterocycles. The molecule has 2 rings (SSSR count). The maximum atomic E-state index is 13.4. The topological polar surface area (TPSA) is 26.3 Å². The quantitative estimate of drug-likeness (QED) is 0.601. The van der Waals surface area contributed by atoms with Gasteiger partial charge in [-0.1, -0.05) is 41.9 Å². The lowest BCUT2D eigenvalue weighted by Gasteiger charge is -2.06. The second-order valence-corrected chi connectivity index (χ2v) is 5.05. The fourth-order valence-electron chi connectivity index (χ4n) is 1.48. The Morgan fingerprint density at radius 3 is 2.58 bits per heavy atom. The molecule has 2 aromatic rings. The highest BCUT2D eigenvalue weighted by molar-refractivity contribution is 9.10. The minimum Gasteiger partial charge on any atom is -0.457 e. The molecule has 98 valence electrons. The van der Waals surface area contributed by atoms with Crippen molar-refractivity contribution in [1.82, 2.24) is 0 Å². The number of hydrogen-bond donors (Lipinski definition) is 0. The Hall–Kier alpha value is -1.39. The Bertz CT molecular complexity index is 579. The number of halogens is 3. The van der Waals surface area contributed by atoms with Gasteiger partial charge in [-0.25, -0.2) is 9.18 Å². The summed E-state index contributed by atoms with van der Waals surface area (Å²) in [6, 6.07) is 11.7. The minimum atomic E-state index is -0.664. The number of rotatable bonds is 3. The summed E-state index contributed by atoms with van der Waals surface area (Å²) in [6.45, 7) is 0.140. The van der Waals surface area contributed by atoms with Crippen molar-refractivity contribution in [3.05, 3.63) is 68.9 Å². The molecule has 5 heteroatoms. The molecule has 0 unspecified atom stereocenters. The van der Waals surface area contributed by atoms with E-state index in [4.69, 9.17) is 16.3 Å². The maximum absolute atomic E-state index is 13.4. The van der Waals surface area contributed by atoms with E-state index in [1.165, 1.54) is 6.07 Å². The van der Waals surface area contributed by atoms with Crippen molar-refractivity contribution < 1.29 is 13.9 Å². The van der Waals surface area contributed by atoms with Gasteiger partial charge in [-0.2, -0.15) is 0 Å². The zero-order chi connectivity index (χ0) is 13.8. The predicted octanol–water partition coefficient (Wildman–Crippen LogP) is 4.60. The van der Waals surface area contributed by atoms with E-state index in [0.29, 0.717) is 4.47 Å². The molecule has 0 spiro atoms. The lowest BCUT2D eigenvalue weighted by molar-refractivity contribution is 0.0472. The first kappa shape index (κ1) is 14.0. The third kappa shape index (κ3) is 3.55. The van der Waals surface area contributed by atoms with Crippen molar-refractivity contribution >= 4 is 33.5 Å². The van der Waals surface area contributed by atoms with E-state index >= 15 is 0 Å². The lowest BCUT2D eigenvalue weighted by atomic mass is 10.2. The van der Waals surface area contributed by atoms with E-state index in [1.807, 2.05) is 30.3 Å². The third-order valence-corrected chi connectivity index (χ3v) is 3.67. The first-order valence-corrected chi connectivity index (χ1v) is 6.60. The van der Waals surface area contributed by atoms with E-state index in [9.17, 15) is 9.18 Å². The van der Waals surface area contributed by atoms with E-state index in [2.05, 4.69) is 15.9 Å². The summed E-state index contributed by atoms with van der Waals surface area (Å²) in [5, 5.41) is -0.0559. The van der Waals surface area contributed by atoms with Gasteiger partial charge in [0, 0.05) is 4.47 Å². The molecular weight excluding hydrogens is 335 g/mol. The average Bonchev–Trinajstić information content (AvgIpc) is 2.42. The molecule has 0 aromatic heterocycles. The van der Waals surface area contributed by atoms with Crippen LogP contribution in [0.25, 0.3) is 0 Å². The predicted molar refractivity (Wildman–Crippen MR) is 74.7 cm³/mol. The molecule has 0 saturated carbocycles. The second kappa shape index (κ2) is 6.17. The fourth-order valence-corrected chi connectivity index (χ4v) is 2.02. The Labute approximate surface area is 123 Å². The standard InChI is InChI=1S/C14H9BrClFO2/c15-11-6-10(7-12(17)13(11)16)14(18)19-8-9-4-2-1-3-5-9/h1-7H,8H2. The summed E-state index contributed by atoms with van der Waals surface area (Å²) in [5.41, 5.74) is 0.981. The van der Waals surface area contributed by atoms with E-state index < -0.39 is 11.8 Å². The molecule has 0 amide bonds. The Morgan fingerprint density at radius 2 is 1.95 bits per heavy atom.